The van der Waals surface area contributed by atoms with Gasteiger partial charge in [0.2, 0.25) is 5.91 Å². The van der Waals surface area contributed by atoms with E-state index in [1.165, 1.54) is 0 Å². The van der Waals surface area contributed by atoms with Gasteiger partial charge in [0.15, 0.2) is 0 Å². The zero-order valence-electron chi connectivity index (χ0n) is 7.44. The third kappa shape index (κ3) is 7.82. The predicted octanol–water partition coefficient (Wildman–Crippen LogP) is 1.16. The Morgan fingerprint density at radius 2 is 2.25 bits per heavy atom. The molecule has 0 bridgehead atoms. The van der Waals surface area contributed by atoms with Crippen LogP contribution in [0.15, 0.2) is 0 Å². The van der Waals surface area contributed by atoms with Crippen LogP contribution in [0.5, 0.6) is 0 Å². The van der Waals surface area contributed by atoms with Crippen molar-refractivity contribution in [2.45, 2.75) is 19.3 Å². The van der Waals surface area contributed by atoms with E-state index in [9.17, 15) is 4.79 Å². The first-order valence-electron chi connectivity index (χ1n) is 4.13. The molecule has 0 saturated carbocycles. The minimum absolute atomic E-state index is 0.0807. The average molecular weight is 194 g/mol. The number of unbranched alkanes of at least 4 members (excludes halogenated alkanes) is 1. The van der Waals surface area contributed by atoms with Crippen molar-refractivity contribution in [2.75, 3.05) is 26.1 Å². The molecule has 0 rings (SSSR count). The van der Waals surface area contributed by atoms with Crippen LogP contribution in [0, 0.1) is 0 Å². The Morgan fingerprint density at radius 3 is 2.83 bits per heavy atom. The number of hydrogen-bond acceptors (Lipinski definition) is 2. The van der Waals surface area contributed by atoms with Crippen LogP contribution in [0.1, 0.15) is 19.3 Å². The Balaban J connectivity index is 3.10. The molecular weight excluding hydrogens is 178 g/mol. The lowest BCUT2D eigenvalue weighted by atomic mass is 10.2. The summed E-state index contributed by atoms with van der Waals surface area (Å²) < 4.78 is 4.78. The maximum atomic E-state index is 11.0. The maximum absolute atomic E-state index is 11.0. The molecule has 1 amide bonds. The monoisotopic (exact) mass is 193 g/mol. The van der Waals surface area contributed by atoms with E-state index in [1.54, 1.807) is 7.11 Å². The third-order valence-corrected chi connectivity index (χ3v) is 1.68. The van der Waals surface area contributed by atoms with Crippen LogP contribution in [-0.4, -0.2) is 32.0 Å². The van der Waals surface area contributed by atoms with E-state index in [0.29, 0.717) is 25.5 Å². The molecular formula is C8H16ClNO2. The van der Waals surface area contributed by atoms with Gasteiger partial charge in [-0.3, -0.25) is 4.79 Å². The zero-order chi connectivity index (χ0) is 9.23. The number of carbonyl (C=O) groups excluding carboxylic acids is 1. The number of alkyl halides is 1. The first-order valence-corrected chi connectivity index (χ1v) is 4.66. The fourth-order valence-corrected chi connectivity index (χ4v) is 0.950. The first kappa shape index (κ1) is 11.7. The predicted molar refractivity (Wildman–Crippen MR) is 49.5 cm³/mol. The van der Waals surface area contributed by atoms with Crippen molar-refractivity contribution in [2.24, 2.45) is 0 Å². The second-order valence-electron chi connectivity index (χ2n) is 2.49. The van der Waals surface area contributed by atoms with Gasteiger partial charge in [0.25, 0.3) is 0 Å². The van der Waals surface area contributed by atoms with Gasteiger partial charge >= 0.3 is 0 Å². The van der Waals surface area contributed by atoms with E-state index in [-0.39, 0.29) is 5.91 Å². The Morgan fingerprint density at radius 1 is 1.50 bits per heavy atom. The number of nitrogens with one attached hydrogen (secondary N) is 1. The molecule has 0 fully saturated rings. The number of halogens is 1. The van der Waals surface area contributed by atoms with Crippen molar-refractivity contribution in [3.63, 3.8) is 0 Å². The van der Waals surface area contributed by atoms with E-state index in [2.05, 4.69) is 5.32 Å². The minimum Gasteiger partial charge on any atom is -0.383 e. The maximum Gasteiger partial charge on any atom is 0.220 e. The van der Waals surface area contributed by atoms with Gasteiger partial charge in [0, 0.05) is 26.0 Å². The summed E-state index contributed by atoms with van der Waals surface area (Å²) in [6.45, 7) is 1.16. The molecule has 0 radical (unpaired) electrons. The summed E-state index contributed by atoms with van der Waals surface area (Å²) >= 11 is 5.46. The first-order chi connectivity index (χ1) is 5.81. The standard InChI is InChI=1S/C8H16ClNO2/c1-12-7-6-10-8(11)4-2-3-5-9/h2-7H2,1H3,(H,10,11). The SMILES string of the molecule is COCCNC(=O)CCCCCl. The molecule has 0 aromatic heterocycles. The third-order valence-electron chi connectivity index (χ3n) is 1.42. The number of hydrogen-bond donors (Lipinski definition) is 1. The Labute approximate surface area is 78.4 Å². The summed E-state index contributed by atoms with van der Waals surface area (Å²) in [5, 5.41) is 2.74. The number of methoxy groups -OCH3 is 1. The minimum atomic E-state index is 0.0807. The summed E-state index contributed by atoms with van der Waals surface area (Å²) in [5.74, 6) is 0.711. The second-order valence-corrected chi connectivity index (χ2v) is 2.87. The zero-order valence-corrected chi connectivity index (χ0v) is 8.19. The molecule has 12 heavy (non-hydrogen) atoms. The molecule has 0 unspecified atom stereocenters. The van der Waals surface area contributed by atoms with Crippen LogP contribution in [0.3, 0.4) is 0 Å². The molecule has 0 aliphatic heterocycles. The molecule has 0 aliphatic carbocycles. The van der Waals surface area contributed by atoms with Crippen molar-refractivity contribution in [1.29, 1.82) is 0 Å². The average Bonchev–Trinajstić information content (AvgIpc) is 2.06. The molecule has 0 aromatic carbocycles. The molecule has 0 heterocycles. The van der Waals surface area contributed by atoms with Gasteiger partial charge < -0.3 is 10.1 Å². The van der Waals surface area contributed by atoms with E-state index in [0.717, 1.165) is 12.8 Å². The highest BCUT2D eigenvalue weighted by Crippen LogP contribution is 1.96. The van der Waals surface area contributed by atoms with Crippen molar-refractivity contribution in [1.82, 2.24) is 5.32 Å². The largest absolute Gasteiger partial charge is 0.383 e. The Kier molecular flexibility index (Phi) is 8.61. The summed E-state index contributed by atoms with van der Waals surface area (Å²) in [6.07, 6.45) is 2.33. The molecule has 72 valence electrons. The molecule has 0 atom stereocenters. The highest BCUT2D eigenvalue weighted by molar-refractivity contribution is 6.17. The van der Waals surface area contributed by atoms with Gasteiger partial charge in [-0.15, -0.1) is 11.6 Å². The van der Waals surface area contributed by atoms with Crippen LogP contribution in [-0.2, 0) is 9.53 Å². The summed E-state index contributed by atoms with van der Waals surface area (Å²) in [5.41, 5.74) is 0. The summed E-state index contributed by atoms with van der Waals surface area (Å²) in [4.78, 5) is 11.0. The topological polar surface area (TPSA) is 38.3 Å². The van der Waals surface area contributed by atoms with E-state index >= 15 is 0 Å². The van der Waals surface area contributed by atoms with Crippen LogP contribution >= 0.6 is 11.6 Å². The van der Waals surface area contributed by atoms with Crippen LogP contribution in [0.25, 0.3) is 0 Å². The van der Waals surface area contributed by atoms with Gasteiger partial charge in [-0.2, -0.15) is 0 Å². The van der Waals surface area contributed by atoms with Crippen molar-refractivity contribution < 1.29 is 9.53 Å². The van der Waals surface area contributed by atoms with Gasteiger partial charge in [-0.05, 0) is 12.8 Å². The van der Waals surface area contributed by atoms with Crippen molar-refractivity contribution in [3.05, 3.63) is 0 Å². The van der Waals surface area contributed by atoms with E-state index in [4.69, 9.17) is 16.3 Å². The highest BCUT2D eigenvalue weighted by Gasteiger charge is 1.98. The lowest BCUT2D eigenvalue weighted by Crippen LogP contribution is -2.26. The van der Waals surface area contributed by atoms with Crippen molar-refractivity contribution >= 4 is 17.5 Å². The number of amides is 1. The number of ether oxygens (including phenoxy) is 1. The lowest BCUT2D eigenvalue weighted by molar-refractivity contribution is -0.121. The van der Waals surface area contributed by atoms with Gasteiger partial charge in [-0.25, -0.2) is 0 Å². The smallest absolute Gasteiger partial charge is 0.220 e. The fourth-order valence-electron chi connectivity index (χ4n) is 0.761. The van der Waals surface area contributed by atoms with E-state index in [1.807, 2.05) is 0 Å². The molecule has 1 N–H and O–H groups in total. The summed E-state index contributed by atoms with van der Waals surface area (Å²) in [6, 6.07) is 0. The molecule has 0 aromatic rings. The highest BCUT2D eigenvalue weighted by atomic mass is 35.5. The van der Waals surface area contributed by atoms with Gasteiger partial charge in [0.1, 0.15) is 0 Å². The summed E-state index contributed by atoms with van der Waals surface area (Å²) in [7, 11) is 1.61. The van der Waals surface area contributed by atoms with Crippen LogP contribution in [0.2, 0.25) is 0 Å². The van der Waals surface area contributed by atoms with Crippen LogP contribution < -0.4 is 5.32 Å². The van der Waals surface area contributed by atoms with E-state index < -0.39 is 0 Å². The molecule has 3 nitrogen and oxygen atoms in total. The number of carbonyl (C=O) groups is 1. The fraction of sp³-hybridized carbons (Fsp3) is 0.875. The van der Waals surface area contributed by atoms with Gasteiger partial charge in [-0.1, -0.05) is 0 Å². The molecule has 0 spiro atoms. The van der Waals surface area contributed by atoms with Crippen LogP contribution in [0.4, 0.5) is 0 Å². The van der Waals surface area contributed by atoms with Gasteiger partial charge in [0.05, 0.1) is 6.61 Å². The van der Waals surface area contributed by atoms with Crippen molar-refractivity contribution in [3.8, 4) is 0 Å². The Bertz CT molecular complexity index is 108. The normalized spacial score (nSPS) is 9.83. The molecule has 4 heteroatoms. The quantitative estimate of drug-likeness (QED) is 0.487. The number of rotatable bonds is 7. The second kappa shape index (κ2) is 8.81. The molecule has 0 aliphatic rings. The Hall–Kier alpha value is -0.280. The molecule has 0 saturated heterocycles. The lowest BCUT2D eigenvalue weighted by Gasteiger charge is -2.02.